The molecule has 0 aromatic heterocycles. The Balaban J connectivity index is 1.57. The SMILES string of the molecule is N#Cc1ccc([C@H](NC(=O)C2=CC3C=C(CCCCC(=O)O)C(c4ccc(F)cc4)=NC3C=C2)C(F)(F)F)cc1. The van der Waals surface area contributed by atoms with Crippen molar-refractivity contribution in [1.82, 2.24) is 5.32 Å². The van der Waals surface area contributed by atoms with Crippen LogP contribution in [0.15, 0.2) is 89.0 Å². The predicted molar refractivity (Wildman–Crippen MR) is 140 cm³/mol. The summed E-state index contributed by atoms with van der Waals surface area (Å²) in [5, 5.41) is 19.9. The van der Waals surface area contributed by atoms with Crippen molar-refractivity contribution in [2.75, 3.05) is 0 Å². The number of aliphatic carboxylic acids is 1. The third-order valence-corrected chi connectivity index (χ3v) is 6.66. The number of fused-ring (bicyclic) bond motifs is 1. The molecule has 2 unspecified atom stereocenters. The van der Waals surface area contributed by atoms with E-state index in [1.807, 2.05) is 12.1 Å². The zero-order valence-electron chi connectivity index (χ0n) is 21.2. The summed E-state index contributed by atoms with van der Waals surface area (Å²) in [5.41, 5.74) is 2.14. The van der Waals surface area contributed by atoms with Crippen LogP contribution in [-0.2, 0) is 9.59 Å². The molecule has 0 saturated carbocycles. The molecule has 1 aliphatic carbocycles. The molecule has 10 heteroatoms. The van der Waals surface area contributed by atoms with Crippen LogP contribution in [0.3, 0.4) is 0 Å². The van der Waals surface area contributed by atoms with E-state index in [4.69, 9.17) is 15.4 Å². The number of rotatable bonds is 9. The summed E-state index contributed by atoms with van der Waals surface area (Å²) in [4.78, 5) is 28.7. The number of alkyl halides is 3. The van der Waals surface area contributed by atoms with Crippen molar-refractivity contribution >= 4 is 17.6 Å². The van der Waals surface area contributed by atoms with Gasteiger partial charge in [0, 0.05) is 23.5 Å². The van der Waals surface area contributed by atoms with Gasteiger partial charge in [0.2, 0.25) is 0 Å². The molecule has 1 aliphatic heterocycles. The number of amides is 1. The molecule has 1 amide bonds. The lowest BCUT2D eigenvalue weighted by atomic mass is 9.83. The van der Waals surface area contributed by atoms with Gasteiger partial charge in [0.25, 0.3) is 5.91 Å². The van der Waals surface area contributed by atoms with Crippen LogP contribution in [0.4, 0.5) is 17.6 Å². The van der Waals surface area contributed by atoms with E-state index in [0.717, 1.165) is 17.7 Å². The summed E-state index contributed by atoms with van der Waals surface area (Å²) in [6.07, 6.45) is 3.24. The lowest BCUT2D eigenvalue weighted by Gasteiger charge is -2.29. The molecule has 2 aromatic rings. The number of carbonyl (C=O) groups is 2. The number of carboxylic acids is 1. The highest BCUT2D eigenvalue weighted by molar-refractivity contribution is 6.13. The molecule has 206 valence electrons. The number of nitrogens with one attached hydrogen (secondary N) is 1. The molecule has 0 radical (unpaired) electrons. The second-order valence-electron chi connectivity index (χ2n) is 9.51. The first kappa shape index (κ1) is 28.5. The molecule has 2 aliphatic rings. The summed E-state index contributed by atoms with van der Waals surface area (Å²) in [5.74, 6) is -2.63. The van der Waals surface area contributed by atoms with E-state index in [0.29, 0.717) is 30.5 Å². The number of allylic oxidation sites excluding steroid dienone is 1. The highest BCUT2D eigenvalue weighted by Crippen LogP contribution is 2.35. The van der Waals surface area contributed by atoms with Crippen molar-refractivity contribution in [3.05, 3.63) is 106 Å². The molecule has 4 rings (SSSR count). The summed E-state index contributed by atoms with van der Waals surface area (Å²) >= 11 is 0. The fourth-order valence-corrected chi connectivity index (χ4v) is 4.64. The maximum Gasteiger partial charge on any atom is 0.412 e. The minimum Gasteiger partial charge on any atom is -0.481 e. The molecule has 2 N–H and O–H groups in total. The van der Waals surface area contributed by atoms with Crippen LogP contribution >= 0.6 is 0 Å². The van der Waals surface area contributed by atoms with Crippen molar-refractivity contribution in [1.29, 1.82) is 5.26 Å². The Kier molecular flexibility index (Phi) is 8.63. The van der Waals surface area contributed by atoms with Crippen LogP contribution in [0, 0.1) is 23.1 Å². The lowest BCUT2D eigenvalue weighted by molar-refractivity contribution is -0.162. The van der Waals surface area contributed by atoms with E-state index >= 15 is 0 Å². The van der Waals surface area contributed by atoms with E-state index in [9.17, 15) is 27.2 Å². The molecule has 0 spiro atoms. The molecule has 6 nitrogen and oxygen atoms in total. The Labute approximate surface area is 228 Å². The first-order chi connectivity index (χ1) is 19.0. The minimum atomic E-state index is -4.77. The van der Waals surface area contributed by atoms with Gasteiger partial charge < -0.3 is 10.4 Å². The maximum atomic E-state index is 13.9. The van der Waals surface area contributed by atoms with Crippen molar-refractivity contribution in [3.8, 4) is 6.07 Å². The molecule has 2 aromatic carbocycles. The molecule has 0 bridgehead atoms. The highest BCUT2D eigenvalue weighted by Gasteiger charge is 2.42. The van der Waals surface area contributed by atoms with Gasteiger partial charge in [0.05, 0.1) is 23.4 Å². The second kappa shape index (κ2) is 12.1. The van der Waals surface area contributed by atoms with Crippen LogP contribution in [0.5, 0.6) is 0 Å². The number of nitrogens with zero attached hydrogens (tertiary/aromatic N) is 2. The number of hydrogen-bond donors (Lipinski definition) is 2. The van der Waals surface area contributed by atoms with E-state index in [2.05, 4.69) is 5.32 Å². The third-order valence-electron chi connectivity index (χ3n) is 6.66. The van der Waals surface area contributed by atoms with Crippen LogP contribution in [-0.4, -0.2) is 34.9 Å². The topological polar surface area (TPSA) is 103 Å². The van der Waals surface area contributed by atoms with Gasteiger partial charge in [0.1, 0.15) is 5.82 Å². The van der Waals surface area contributed by atoms with Gasteiger partial charge in [-0.05, 0) is 66.8 Å². The maximum absolute atomic E-state index is 13.9. The number of benzene rings is 2. The standard InChI is InChI=1S/C30H25F4N3O3/c31-24-12-9-19(10-13-24)27-21(3-1-2-4-26(38)39)15-23-16-22(11-14-25(23)36-27)29(40)37-28(30(32,33)34)20-7-5-18(17-35)6-8-20/h5-16,23,25,28H,1-4H2,(H,37,40)(H,38,39)/t23?,25?,28-/m0/s1. The van der Waals surface area contributed by atoms with Crippen molar-refractivity contribution in [3.63, 3.8) is 0 Å². The molecule has 3 atom stereocenters. The summed E-state index contributed by atoms with van der Waals surface area (Å²) < 4.78 is 55.1. The van der Waals surface area contributed by atoms with Gasteiger partial charge in [-0.15, -0.1) is 0 Å². The number of hydrogen-bond acceptors (Lipinski definition) is 4. The Morgan fingerprint density at radius 1 is 1.05 bits per heavy atom. The summed E-state index contributed by atoms with van der Waals surface area (Å²) in [6, 6.07) is 9.81. The third kappa shape index (κ3) is 6.91. The number of dihydropyridines is 1. The fourth-order valence-electron chi connectivity index (χ4n) is 4.64. The average Bonchev–Trinajstić information content (AvgIpc) is 2.93. The van der Waals surface area contributed by atoms with Crippen LogP contribution in [0.25, 0.3) is 0 Å². The fraction of sp³-hybridized carbons (Fsp3) is 0.267. The second-order valence-corrected chi connectivity index (χ2v) is 9.51. The Morgan fingerprint density at radius 3 is 2.38 bits per heavy atom. The van der Waals surface area contributed by atoms with Gasteiger partial charge in [0.15, 0.2) is 6.04 Å². The average molecular weight is 552 g/mol. The van der Waals surface area contributed by atoms with Crippen LogP contribution < -0.4 is 5.32 Å². The number of unbranched alkanes of at least 4 members (excludes halogenated alkanes) is 1. The number of carboxylic acid groups (broad SMARTS) is 1. The lowest BCUT2D eigenvalue weighted by Crippen LogP contribution is -2.39. The Morgan fingerprint density at radius 2 is 1.75 bits per heavy atom. The number of aliphatic imine (C=N–C) groups is 1. The van der Waals surface area contributed by atoms with Crippen molar-refractivity contribution < 1.29 is 32.3 Å². The monoisotopic (exact) mass is 551 g/mol. The van der Waals surface area contributed by atoms with E-state index in [-0.39, 0.29) is 23.1 Å². The summed E-state index contributed by atoms with van der Waals surface area (Å²) in [7, 11) is 0. The predicted octanol–water partition coefficient (Wildman–Crippen LogP) is 5.97. The number of nitriles is 1. The van der Waals surface area contributed by atoms with Gasteiger partial charge >= 0.3 is 12.1 Å². The normalized spacial score (nSPS) is 18.9. The highest BCUT2D eigenvalue weighted by atomic mass is 19.4. The smallest absolute Gasteiger partial charge is 0.412 e. The zero-order chi connectivity index (χ0) is 28.9. The Bertz CT molecular complexity index is 1430. The minimum absolute atomic E-state index is 0.00886. The van der Waals surface area contributed by atoms with Crippen LogP contribution in [0.2, 0.25) is 0 Å². The van der Waals surface area contributed by atoms with E-state index in [1.165, 1.54) is 30.3 Å². The van der Waals surface area contributed by atoms with Crippen LogP contribution in [0.1, 0.15) is 48.4 Å². The number of halogens is 4. The van der Waals surface area contributed by atoms with E-state index < -0.39 is 41.9 Å². The van der Waals surface area contributed by atoms with Gasteiger partial charge in [-0.2, -0.15) is 18.4 Å². The van der Waals surface area contributed by atoms with Gasteiger partial charge in [-0.3, -0.25) is 14.6 Å². The zero-order valence-corrected chi connectivity index (χ0v) is 21.2. The largest absolute Gasteiger partial charge is 0.481 e. The first-order valence-corrected chi connectivity index (χ1v) is 12.6. The van der Waals surface area contributed by atoms with Gasteiger partial charge in [-0.1, -0.05) is 36.4 Å². The van der Waals surface area contributed by atoms with Gasteiger partial charge in [-0.25, -0.2) is 4.39 Å². The number of carbonyl (C=O) groups excluding carboxylic acids is 1. The summed E-state index contributed by atoms with van der Waals surface area (Å²) in [6.45, 7) is 0. The van der Waals surface area contributed by atoms with E-state index in [1.54, 1.807) is 24.3 Å². The molecule has 0 saturated heterocycles. The molecular weight excluding hydrogens is 526 g/mol. The molecule has 0 fully saturated rings. The van der Waals surface area contributed by atoms with Crippen molar-refractivity contribution in [2.45, 2.75) is 43.9 Å². The quantitative estimate of drug-likeness (QED) is 0.296. The first-order valence-electron chi connectivity index (χ1n) is 12.6. The van der Waals surface area contributed by atoms with Crippen molar-refractivity contribution in [2.24, 2.45) is 10.9 Å². The Hall–Kier alpha value is -4.52. The molecule has 40 heavy (non-hydrogen) atoms. The molecule has 1 heterocycles. The molecular formula is C30H25F4N3O3.